The molecule has 0 aliphatic carbocycles. The number of nitrogens with zero attached hydrogens (tertiary/aromatic N) is 3. The molecule has 2 aromatic rings. The average molecular weight is 274 g/mol. The summed E-state index contributed by atoms with van der Waals surface area (Å²) in [5.41, 5.74) is 7.99. The Labute approximate surface area is 119 Å². The maximum absolute atomic E-state index is 5.57. The van der Waals surface area contributed by atoms with E-state index in [0.29, 0.717) is 18.3 Å². The average Bonchev–Trinajstić information content (AvgIpc) is 2.79. The van der Waals surface area contributed by atoms with Crippen LogP contribution in [0.25, 0.3) is 0 Å². The zero-order chi connectivity index (χ0) is 14.7. The van der Waals surface area contributed by atoms with Crippen molar-refractivity contribution >= 4 is 0 Å². The number of aromatic nitrogens is 3. The number of aryl methyl sites for hydroxylation is 1. The SMILES string of the molecule is COc1ccc(Cc2nc(CN)nn2C)cc1C(C)C. The molecule has 5 nitrogen and oxygen atoms in total. The van der Waals surface area contributed by atoms with Gasteiger partial charge in [0.25, 0.3) is 0 Å². The molecule has 2 rings (SSSR count). The lowest BCUT2D eigenvalue weighted by atomic mass is 9.98. The number of rotatable bonds is 5. The monoisotopic (exact) mass is 274 g/mol. The summed E-state index contributed by atoms with van der Waals surface area (Å²) in [7, 11) is 3.60. The Bertz CT molecular complexity index is 590. The fourth-order valence-electron chi connectivity index (χ4n) is 2.24. The Hall–Kier alpha value is -1.88. The van der Waals surface area contributed by atoms with Gasteiger partial charge in [-0.1, -0.05) is 26.0 Å². The van der Waals surface area contributed by atoms with Gasteiger partial charge in [0, 0.05) is 13.5 Å². The molecule has 0 fully saturated rings. The van der Waals surface area contributed by atoms with E-state index in [1.807, 2.05) is 13.1 Å². The molecule has 0 unspecified atom stereocenters. The standard InChI is InChI=1S/C15H22N4O/c1-10(2)12-7-11(5-6-13(12)20-4)8-15-17-14(9-16)18-19(15)3/h5-7,10H,8-9,16H2,1-4H3. The molecule has 20 heavy (non-hydrogen) atoms. The van der Waals surface area contributed by atoms with Crippen molar-refractivity contribution in [3.8, 4) is 5.75 Å². The molecule has 1 heterocycles. The first kappa shape index (κ1) is 14.5. The number of benzene rings is 1. The maximum Gasteiger partial charge on any atom is 0.164 e. The van der Waals surface area contributed by atoms with Crippen LogP contribution in [0.5, 0.6) is 5.75 Å². The Morgan fingerprint density at radius 2 is 2.10 bits per heavy atom. The van der Waals surface area contributed by atoms with Gasteiger partial charge >= 0.3 is 0 Å². The van der Waals surface area contributed by atoms with E-state index in [1.165, 1.54) is 11.1 Å². The van der Waals surface area contributed by atoms with Crippen molar-refractivity contribution in [2.24, 2.45) is 12.8 Å². The number of nitrogens with two attached hydrogens (primary N) is 1. The molecule has 0 spiro atoms. The first-order valence-corrected chi connectivity index (χ1v) is 6.80. The van der Waals surface area contributed by atoms with Crippen LogP contribution in [-0.4, -0.2) is 21.9 Å². The summed E-state index contributed by atoms with van der Waals surface area (Å²) in [4.78, 5) is 4.44. The third-order valence-corrected chi connectivity index (χ3v) is 3.36. The normalized spacial score (nSPS) is 11.1. The van der Waals surface area contributed by atoms with E-state index in [1.54, 1.807) is 11.8 Å². The topological polar surface area (TPSA) is 66.0 Å². The fourth-order valence-corrected chi connectivity index (χ4v) is 2.24. The van der Waals surface area contributed by atoms with Gasteiger partial charge in [0.15, 0.2) is 5.82 Å². The summed E-state index contributed by atoms with van der Waals surface area (Å²) < 4.78 is 7.20. The van der Waals surface area contributed by atoms with E-state index >= 15 is 0 Å². The minimum atomic E-state index is 0.369. The number of hydrogen-bond donors (Lipinski definition) is 1. The predicted molar refractivity (Wildman–Crippen MR) is 78.8 cm³/mol. The van der Waals surface area contributed by atoms with Gasteiger partial charge in [-0.05, 0) is 23.1 Å². The van der Waals surface area contributed by atoms with Crippen molar-refractivity contribution in [2.75, 3.05) is 7.11 Å². The summed E-state index contributed by atoms with van der Waals surface area (Å²) in [6.07, 6.45) is 0.743. The van der Waals surface area contributed by atoms with Crippen molar-refractivity contribution in [3.05, 3.63) is 41.0 Å². The summed E-state index contributed by atoms with van der Waals surface area (Å²) >= 11 is 0. The molecule has 0 aliphatic rings. The van der Waals surface area contributed by atoms with Gasteiger partial charge in [-0.25, -0.2) is 4.98 Å². The number of hydrogen-bond acceptors (Lipinski definition) is 4. The molecule has 0 saturated heterocycles. The smallest absolute Gasteiger partial charge is 0.164 e. The second-order valence-corrected chi connectivity index (χ2v) is 5.18. The highest BCUT2D eigenvalue weighted by Gasteiger charge is 2.11. The highest BCUT2D eigenvalue weighted by atomic mass is 16.5. The van der Waals surface area contributed by atoms with Gasteiger partial charge in [0.1, 0.15) is 11.6 Å². The first-order valence-electron chi connectivity index (χ1n) is 6.80. The molecule has 108 valence electrons. The molecule has 0 amide bonds. The second kappa shape index (κ2) is 6.05. The van der Waals surface area contributed by atoms with Crippen LogP contribution in [0.3, 0.4) is 0 Å². The minimum Gasteiger partial charge on any atom is -0.496 e. The van der Waals surface area contributed by atoms with Crippen molar-refractivity contribution in [1.82, 2.24) is 14.8 Å². The van der Waals surface area contributed by atoms with Crippen molar-refractivity contribution < 1.29 is 4.74 Å². The lowest BCUT2D eigenvalue weighted by molar-refractivity contribution is 0.407. The van der Waals surface area contributed by atoms with Gasteiger partial charge in [-0.15, -0.1) is 0 Å². The molecule has 0 atom stereocenters. The Kier molecular flexibility index (Phi) is 4.39. The van der Waals surface area contributed by atoms with Gasteiger partial charge < -0.3 is 10.5 Å². The zero-order valence-electron chi connectivity index (χ0n) is 12.6. The lowest BCUT2D eigenvalue weighted by Gasteiger charge is -2.13. The third kappa shape index (κ3) is 2.99. The molecule has 0 aliphatic heterocycles. The molecule has 1 aromatic carbocycles. The third-order valence-electron chi connectivity index (χ3n) is 3.36. The molecule has 5 heteroatoms. The molecule has 0 bridgehead atoms. The van der Waals surface area contributed by atoms with Crippen molar-refractivity contribution in [3.63, 3.8) is 0 Å². The first-order chi connectivity index (χ1) is 9.55. The van der Waals surface area contributed by atoms with Gasteiger partial charge in [-0.3, -0.25) is 4.68 Å². The van der Waals surface area contributed by atoms with Crippen LogP contribution in [0.15, 0.2) is 18.2 Å². The van der Waals surface area contributed by atoms with E-state index < -0.39 is 0 Å². The number of ether oxygens (including phenoxy) is 1. The Morgan fingerprint density at radius 3 is 2.65 bits per heavy atom. The zero-order valence-corrected chi connectivity index (χ0v) is 12.6. The van der Waals surface area contributed by atoms with Gasteiger partial charge in [0.05, 0.1) is 13.7 Å². The molecular formula is C15H22N4O. The minimum absolute atomic E-state index is 0.369. The maximum atomic E-state index is 5.57. The molecule has 2 N–H and O–H groups in total. The molecule has 0 saturated carbocycles. The number of methoxy groups -OCH3 is 1. The Balaban J connectivity index is 2.29. The van der Waals surface area contributed by atoms with E-state index in [-0.39, 0.29) is 0 Å². The van der Waals surface area contributed by atoms with E-state index in [9.17, 15) is 0 Å². The summed E-state index contributed by atoms with van der Waals surface area (Å²) in [6.45, 7) is 4.70. The predicted octanol–water partition coefficient (Wildman–Crippen LogP) is 2.00. The van der Waals surface area contributed by atoms with Crippen LogP contribution in [-0.2, 0) is 20.0 Å². The van der Waals surface area contributed by atoms with E-state index in [4.69, 9.17) is 10.5 Å². The quantitative estimate of drug-likeness (QED) is 0.905. The van der Waals surface area contributed by atoms with Crippen LogP contribution in [0.4, 0.5) is 0 Å². The van der Waals surface area contributed by atoms with Crippen molar-refractivity contribution in [2.45, 2.75) is 32.7 Å². The largest absolute Gasteiger partial charge is 0.496 e. The summed E-state index contributed by atoms with van der Waals surface area (Å²) in [5.74, 6) is 2.96. The van der Waals surface area contributed by atoms with E-state index in [2.05, 4.69) is 36.1 Å². The van der Waals surface area contributed by atoms with E-state index in [0.717, 1.165) is 18.0 Å². The van der Waals surface area contributed by atoms with Crippen LogP contribution >= 0.6 is 0 Å². The Morgan fingerprint density at radius 1 is 1.35 bits per heavy atom. The highest BCUT2D eigenvalue weighted by molar-refractivity contribution is 5.40. The highest BCUT2D eigenvalue weighted by Crippen LogP contribution is 2.27. The second-order valence-electron chi connectivity index (χ2n) is 5.18. The van der Waals surface area contributed by atoms with Crippen molar-refractivity contribution in [1.29, 1.82) is 0 Å². The summed E-state index contributed by atoms with van der Waals surface area (Å²) in [5, 5.41) is 4.27. The summed E-state index contributed by atoms with van der Waals surface area (Å²) in [6, 6.07) is 6.27. The van der Waals surface area contributed by atoms with Gasteiger partial charge in [0.2, 0.25) is 0 Å². The molecule has 0 radical (unpaired) electrons. The van der Waals surface area contributed by atoms with Crippen LogP contribution in [0.1, 0.15) is 42.5 Å². The van der Waals surface area contributed by atoms with Crippen LogP contribution in [0, 0.1) is 0 Å². The lowest BCUT2D eigenvalue weighted by Crippen LogP contribution is -2.02. The molecular weight excluding hydrogens is 252 g/mol. The van der Waals surface area contributed by atoms with Gasteiger partial charge in [-0.2, -0.15) is 5.10 Å². The fraction of sp³-hybridized carbons (Fsp3) is 0.467. The van der Waals surface area contributed by atoms with Crippen LogP contribution in [0.2, 0.25) is 0 Å². The van der Waals surface area contributed by atoms with Crippen LogP contribution < -0.4 is 10.5 Å². The molecule has 1 aromatic heterocycles.